The number of H-pyrrole nitrogens is 1. The van der Waals surface area contributed by atoms with Crippen molar-refractivity contribution in [3.05, 3.63) is 66.0 Å². The number of carbonyl (C=O) groups excluding carboxylic acids is 2. The molecule has 9 nitrogen and oxygen atoms in total. The van der Waals surface area contributed by atoms with Gasteiger partial charge in [0.15, 0.2) is 0 Å². The van der Waals surface area contributed by atoms with E-state index in [0.717, 1.165) is 34.9 Å². The molecule has 4 heterocycles. The van der Waals surface area contributed by atoms with E-state index >= 15 is 0 Å². The summed E-state index contributed by atoms with van der Waals surface area (Å²) in [4.78, 5) is 31.5. The van der Waals surface area contributed by atoms with Crippen molar-refractivity contribution in [1.82, 2.24) is 19.8 Å². The minimum atomic E-state index is -0.620. The zero-order valence-electron chi connectivity index (χ0n) is 19.7. The summed E-state index contributed by atoms with van der Waals surface area (Å²) < 4.78 is 7.34. The van der Waals surface area contributed by atoms with Crippen molar-refractivity contribution in [2.45, 2.75) is 12.6 Å². The number of amides is 2. The number of β-amino-alcohol motifs (C(OH)–C–C–N with tert-alkyl or cyclic N) is 1. The number of benzene rings is 2. The molecule has 0 bridgehead atoms. The number of ether oxygens (including phenoxy) is 1. The highest BCUT2D eigenvalue weighted by molar-refractivity contribution is 6.50. The lowest BCUT2D eigenvalue weighted by Gasteiger charge is -2.28. The molecule has 0 radical (unpaired) electrons. The molecule has 184 valence electrons. The molecular weight excluding hydrogens is 458 g/mol. The van der Waals surface area contributed by atoms with Gasteiger partial charge in [0.2, 0.25) is 0 Å². The number of nitrogens with two attached hydrogens (primary N) is 1. The smallest absolute Gasteiger partial charge is 0.259 e. The maximum atomic E-state index is 13.1. The van der Waals surface area contributed by atoms with Crippen LogP contribution in [-0.4, -0.2) is 70.3 Å². The lowest BCUT2D eigenvalue weighted by atomic mass is 9.95. The van der Waals surface area contributed by atoms with E-state index in [1.165, 1.54) is 0 Å². The molecule has 1 unspecified atom stereocenters. The van der Waals surface area contributed by atoms with E-state index in [4.69, 9.17) is 10.5 Å². The number of aromatic amines is 1. The van der Waals surface area contributed by atoms with Crippen LogP contribution in [0.5, 0.6) is 0 Å². The van der Waals surface area contributed by atoms with Crippen LogP contribution < -0.4 is 11.1 Å². The number of rotatable bonds is 6. The zero-order valence-corrected chi connectivity index (χ0v) is 19.7. The molecule has 2 amide bonds. The van der Waals surface area contributed by atoms with E-state index in [2.05, 4.69) is 15.2 Å². The van der Waals surface area contributed by atoms with Crippen molar-refractivity contribution in [3.63, 3.8) is 0 Å². The fourth-order valence-corrected chi connectivity index (χ4v) is 5.28. The molecule has 1 atom stereocenters. The van der Waals surface area contributed by atoms with Gasteiger partial charge in [0.1, 0.15) is 0 Å². The van der Waals surface area contributed by atoms with Crippen LogP contribution in [0.25, 0.3) is 33.0 Å². The van der Waals surface area contributed by atoms with Gasteiger partial charge in [-0.15, -0.1) is 0 Å². The average Bonchev–Trinajstić information content (AvgIpc) is 3.52. The van der Waals surface area contributed by atoms with Gasteiger partial charge in [0.05, 0.1) is 30.5 Å². The Morgan fingerprint density at radius 2 is 1.72 bits per heavy atom. The van der Waals surface area contributed by atoms with Crippen LogP contribution in [-0.2, 0) is 20.9 Å². The van der Waals surface area contributed by atoms with Crippen LogP contribution in [0.15, 0.2) is 54.9 Å². The number of anilines is 1. The quantitative estimate of drug-likeness (QED) is 0.244. The number of hydrogen-bond acceptors (Lipinski definition) is 6. The number of aliphatic hydroxyl groups excluding tert-OH is 1. The number of fused-ring (bicyclic) bond motifs is 2. The van der Waals surface area contributed by atoms with Crippen LogP contribution in [0.4, 0.5) is 5.69 Å². The molecule has 2 aliphatic rings. The van der Waals surface area contributed by atoms with Crippen LogP contribution in [0.2, 0.25) is 0 Å². The second-order valence-electron chi connectivity index (χ2n) is 9.32. The van der Waals surface area contributed by atoms with E-state index in [1.807, 2.05) is 47.2 Å². The lowest BCUT2D eigenvalue weighted by molar-refractivity contribution is -0.122. The molecule has 6 rings (SSSR count). The predicted octanol–water partition coefficient (Wildman–Crippen LogP) is 1.97. The maximum Gasteiger partial charge on any atom is 0.259 e. The first kappa shape index (κ1) is 22.5. The fraction of sp³-hybridized carbons (Fsp3) is 0.259. The molecule has 1 saturated heterocycles. The van der Waals surface area contributed by atoms with Gasteiger partial charge in [-0.2, -0.15) is 0 Å². The van der Waals surface area contributed by atoms with E-state index in [0.29, 0.717) is 54.3 Å². The second-order valence-corrected chi connectivity index (χ2v) is 9.32. The van der Waals surface area contributed by atoms with E-state index < -0.39 is 17.9 Å². The standard InChI is InChI=1S/C27H27N5O4/c28-16-5-6-23-19(11-16)21(15-32(23)14-17(33)13-31-7-9-36-10-8-31)25-24(26(34)30-27(25)35)20-12-29-22-4-2-1-3-18(20)22/h1-6,11-12,15,17,29,33H,7-10,13-14,28H2,(H,30,34,35). The highest BCUT2D eigenvalue weighted by Gasteiger charge is 2.35. The Labute approximate surface area is 207 Å². The first-order valence-electron chi connectivity index (χ1n) is 12.0. The molecule has 36 heavy (non-hydrogen) atoms. The van der Waals surface area contributed by atoms with Crippen LogP contribution >= 0.6 is 0 Å². The number of nitrogen functional groups attached to an aromatic ring is 1. The summed E-state index contributed by atoms with van der Waals surface area (Å²) in [5, 5.41) is 15.0. The number of aromatic nitrogens is 2. The largest absolute Gasteiger partial charge is 0.399 e. The second kappa shape index (κ2) is 8.94. The van der Waals surface area contributed by atoms with Crippen LogP contribution in [0, 0.1) is 0 Å². The van der Waals surface area contributed by atoms with Crippen LogP contribution in [0.3, 0.4) is 0 Å². The number of morpholine rings is 1. The third-order valence-corrected chi connectivity index (χ3v) is 6.94. The van der Waals surface area contributed by atoms with Gasteiger partial charge in [-0.25, -0.2) is 0 Å². The van der Waals surface area contributed by atoms with Gasteiger partial charge < -0.3 is 25.1 Å². The summed E-state index contributed by atoms with van der Waals surface area (Å²) in [7, 11) is 0. The number of hydrogen-bond donors (Lipinski definition) is 4. The first-order valence-corrected chi connectivity index (χ1v) is 12.0. The number of para-hydroxylation sites is 1. The number of carbonyl (C=O) groups is 2. The van der Waals surface area contributed by atoms with Gasteiger partial charge in [0.25, 0.3) is 11.8 Å². The first-order chi connectivity index (χ1) is 17.5. The van der Waals surface area contributed by atoms with Gasteiger partial charge in [-0.05, 0) is 24.3 Å². The number of nitrogens with one attached hydrogen (secondary N) is 2. The SMILES string of the molecule is Nc1ccc2c(c1)c(C1=C(c3c[nH]c4ccccc34)C(=O)NC1=O)cn2CC(O)CN1CCOCC1. The fourth-order valence-electron chi connectivity index (χ4n) is 5.28. The highest BCUT2D eigenvalue weighted by atomic mass is 16.5. The Hall–Kier alpha value is -3.92. The summed E-state index contributed by atoms with van der Waals surface area (Å²) in [5.74, 6) is -0.882. The molecular formula is C27H27N5O4. The number of aliphatic hydroxyl groups is 1. The minimum absolute atomic E-state index is 0.307. The summed E-state index contributed by atoms with van der Waals surface area (Å²) in [6.45, 7) is 3.76. The molecule has 2 aliphatic heterocycles. The van der Waals surface area contributed by atoms with Gasteiger partial charge in [-0.3, -0.25) is 19.8 Å². The van der Waals surface area contributed by atoms with Gasteiger partial charge in [0, 0.05) is 77.2 Å². The molecule has 2 aromatic carbocycles. The highest BCUT2D eigenvalue weighted by Crippen LogP contribution is 2.38. The third-order valence-electron chi connectivity index (χ3n) is 6.94. The van der Waals surface area contributed by atoms with E-state index in [9.17, 15) is 14.7 Å². The Balaban J connectivity index is 1.46. The van der Waals surface area contributed by atoms with Crippen molar-refractivity contribution in [3.8, 4) is 0 Å². The van der Waals surface area contributed by atoms with Crippen LogP contribution in [0.1, 0.15) is 11.1 Å². The molecule has 0 aliphatic carbocycles. The monoisotopic (exact) mass is 485 g/mol. The molecule has 0 spiro atoms. The van der Waals surface area contributed by atoms with Crippen molar-refractivity contribution >= 4 is 50.5 Å². The van der Waals surface area contributed by atoms with Gasteiger partial charge in [-0.1, -0.05) is 18.2 Å². The van der Waals surface area contributed by atoms with Crippen molar-refractivity contribution < 1.29 is 19.4 Å². The molecule has 1 fully saturated rings. The Kier molecular flexibility index (Phi) is 5.60. The molecule has 4 aromatic rings. The maximum absolute atomic E-state index is 13.1. The van der Waals surface area contributed by atoms with Crippen molar-refractivity contribution in [2.24, 2.45) is 0 Å². The Morgan fingerprint density at radius 1 is 0.972 bits per heavy atom. The number of nitrogens with zero attached hydrogens (tertiary/aromatic N) is 2. The Bertz CT molecular complexity index is 1530. The summed E-state index contributed by atoms with van der Waals surface area (Å²) in [6.07, 6.45) is 2.98. The minimum Gasteiger partial charge on any atom is -0.399 e. The van der Waals surface area contributed by atoms with Crippen molar-refractivity contribution in [1.29, 1.82) is 0 Å². The molecule has 0 saturated carbocycles. The predicted molar refractivity (Wildman–Crippen MR) is 138 cm³/mol. The average molecular weight is 486 g/mol. The summed E-state index contributed by atoms with van der Waals surface area (Å²) in [5.41, 5.74) is 10.3. The zero-order chi connectivity index (χ0) is 24.8. The van der Waals surface area contributed by atoms with E-state index in [-0.39, 0.29) is 0 Å². The number of imide groups is 1. The topological polar surface area (TPSA) is 126 Å². The summed E-state index contributed by atoms with van der Waals surface area (Å²) in [6, 6.07) is 13.2. The molecule has 2 aromatic heterocycles. The lowest BCUT2D eigenvalue weighted by Crippen LogP contribution is -2.41. The Morgan fingerprint density at radius 3 is 2.53 bits per heavy atom. The van der Waals surface area contributed by atoms with Crippen molar-refractivity contribution in [2.75, 3.05) is 38.6 Å². The molecule has 9 heteroatoms. The normalized spacial score (nSPS) is 17.9. The summed E-state index contributed by atoms with van der Waals surface area (Å²) >= 11 is 0. The van der Waals surface area contributed by atoms with Gasteiger partial charge >= 0.3 is 0 Å². The third kappa shape index (κ3) is 3.87. The van der Waals surface area contributed by atoms with E-state index in [1.54, 1.807) is 12.3 Å². The molecule has 5 N–H and O–H groups in total.